The Morgan fingerprint density at radius 3 is 2.47 bits per heavy atom. The van der Waals surface area contributed by atoms with Crippen LogP contribution in [0.3, 0.4) is 0 Å². The van der Waals surface area contributed by atoms with Gasteiger partial charge in [0.1, 0.15) is 6.42 Å². The van der Waals surface area contributed by atoms with Crippen LogP contribution in [0.1, 0.15) is 12.8 Å². The number of carbonyl (C=O) groups is 2. The molecule has 1 aromatic rings. The van der Waals surface area contributed by atoms with Crippen LogP contribution in [0.4, 0.5) is 5.69 Å². The maximum Gasteiger partial charge on any atom is 0.312 e. The lowest BCUT2D eigenvalue weighted by Gasteiger charge is -2.20. The maximum atomic E-state index is 11.7. The Morgan fingerprint density at radius 1 is 1.29 bits per heavy atom. The molecule has 88 valence electrons. The molecule has 1 N–H and O–H groups in total. The quantitative estimate of drug-likeness (QED) is 0.778. The molecule has 17 heavy (non-hydrogen) atoms. The molecule has 5 nitrogen and oxygen atoms in total. The Hall–Kier alpha value is -2.35. The van der Waals surface area contributed by atoms with Crippen molar-refractivity contribution in [3.63, 3.8) is 0 Å². The van der Waals surface area contributed by atoms with Crippen LogP contribution in [0.25, 0.3) is 0 Å². The monoisotopic (exact) mass is 232 g/mol. The third-order valence-electron chi connectivity index (χ3n) is 2.12. The van der Waals surface area contributed by atoms with Gasteiger partial charge >= 0.3 is 5.97 Å². The number of aliphatic carboxylic acids is 1. The first-order valence-electron chi connectivity index (χ1n) is 5.09. The minimum Gasteiger partial charge on any atom is -0.481 e. The molecule has 0 saturated heterocycles. The van der Waals surface area contributed by atoms with E-state index in [0.717, 1.165) is 0 Å². The summed E-state index contributed by atoms with van der Waals surface area (Å²) >= 11 is 0. The van der Waals surface area contributed by atoms with Gasteiger partial charge in [-0.15, -0.1) is 0 Å². The van der Waals surface area contributed by atoms with Gasteiger partial charge in [-0.1, -0.05) is 18.2 Å². The van der Waals surface area contributed by atoms with Crippen molar-refractivity contribution in [1.82, 2.24) is 0 Å². The summed E-state index contributed by atoms with van der Waals surface area (Å²) in [6.45, 7) is 0.201. The van der Waals surface area contributed by atoms with Crippen LogP contribution in [0.5, 0.6) is 0 Å². The van der Waals surface area contributed by atoms with Crippen molar-refractivity contribution < 1.29 is 14.7 Å². The number of rotatable bonds is 5. The van der Waals surface area contributed by atoms with E-state index < -0.39 is 18.3 Å². The summed E-state index contributed by atoms with van der Waals surface area (Å²) in [5.41, 5.74) is 0.606. The zero-order chi connectivity index (χ0) is 12.7. The highest BCUT2D eigenvalue weighted by Crippen LogP contribution is 2.14. The average Bonchev–Trinajstić information content (AvgIpc) is 2.30. The molecule has 0 heterocycles. The molecule has 0 spiro atoms. The van der Waals surface area contributed by atoms with Gasteiger partial charge in [-0.05, 0) is 12.1 Å². The van der Waals surface area contributed by atoms with Crippen LogP contribution >= 0.6 is 0 Å². The van der Waals surface area contributed by atoms with Gasteiger partial charge in [-0.25, -0.2) is 0 Å². The predicted molar refractivity (Wildman–Crippen MR) is 61.3 cm³/mol. The molecule has 0 bridgehead atoms. The number of carboxylic acids is 1. The third-order valence-corrected chi connectivity index (χ3v) is 2.12. The van der Waals surface area contributed by atoms with Crippen LogP contribution in [0, 0.1) is 11.3 Å². The second kappa shape index (κ2) is 6.28. The summed E-state index contributed by atoms with van der Waals surface area (Å²) in [6.07, 6.45) is -0.402. The number of para-hydroxylation sites is 1. The number of hydrogen-bond donors (Lipinski definition) is 1. The lowest BCUT2D eigenvalue weighted by molar-refractivity contribution is -0.140. The van der Waals surface area contributed by atoms with Gasteiger partial charge < -0.3 is 10.0 Å². The van der Waals surface area contributed by atoms with Crippen molar-refractivity contribution in [1.29, 1.82) is 5.26 Å². The molecule has 0 atom stereocenters. The van der Waals surface area contributed by atoms with E-state index in [1.165, 1.54) is 4.90 Å². The molecule has 0 aliphatic heterocycles. The fourth-order valence-electron chi connectivity index (χ4n) is 1.39. The highest BCUT2D eigenvalue weighted by Gasteiger charge is 2.17. The first kappa shape index (κ1) is 12.7. The van der Waals surface area contributed by atoms with E-state index in [0.29, 0.717) is 5.69 Å². The summed E-state index contributed by atoms with van der Waals surface area (Å²) < 4.78 is 0. The molecule has 0 radical (unpaired) electrons. The largest absolute Gasteiger partial charge is 0.481 e. The van der Waals surface area contributed by atoms with Crippen LogP contribution < -0.4 is 4.90 Å². The lowest BCUT2D eigenvalue weighted by Crippen LogP contribution is -2.33. The van der Waals surface area contributed by atoms with Gasteiger partial charge in [0, 0.05) is 12.2 Å². The zero-order valence-corrected chi connectivity index (χ0v) is 9.17. The first-order valence-corrected chi connectivity index (χ1v) is 5.09. The zero-order valence-electron chi connectivity index (χ0n) is 9.17. The Labute approximate surface area is 98.9 Å². The van der Waals surface area contributed by atoms with E-state index in [4.69, 9.17) is 10.4 Å². The molecule has 0 aromatic heterocycles. The molecule has 0 fully saturated rings. The van der Waals surface area contributed by atoms with Crippen molar-refractivity contribution >= 4 is 17.6 Å². The predicted octanol–water partition coefficient (Wildman–Crippen LogP) is 1.41. The third kappa shape index (κ3) is 3.95. The Kier molecular flexibility index (Phi) is 4.70. The van der Waals surface area contributed by atoms with Gasteiger partial charge in [0.2, 0.25) is 5.91 Å². The minimum absolute atomic E-state index is 0.167. The Bertz CT molecular complexity index is 437. The van der Waals surface area contributed by atoms with Crippen molar-refractivity contribution in [3.05, 3.63) is 30.3 Å². The van der Waals surface area contributed by atoms with Gasteiger partial charge in [-0.2, -0.15) is 5.26 Å². The molecular weight excluding hydrogens is 220 g/mol. The average molecular weight is 232 g/mol. The number of anilines is 1. The summed E-state index contributed by atoms with van der Waals surface area (Å²) in [5.74, 6) is -1.69. The van der Waals surface area contributed by atoms with E-state index >= 15 is 0 Å². The number of carbonyl (C=O) groups excluding carboxylic acids is 1. The van der Waals surface area contributed by atoms with E-state index in [2.05, 4.69) is 0 Å². The molecule has 1 amide bonds. The van der Waals surface area contributed by atoms with Crippen molar-refractivity contribution in [2.75, 3.05) is 11.4 Å². The summed E-state index contributed by atoms with van der Waals surface area (Å²) in [5, 5.41) is 17.1. The van der Waals surface area contributed by atoms with Crippen LogP contribution in [-0.2, 0) is 9.59 Å². The summed E-state index contributed by atoms with van der Waals surface area (Å²) in [4.78, 5) is 23.5. The van der Waals surface area contributed by atoms with E-state index in [1.54, 1.807) is 30.3 Å². The Morgan fingerprint density at radius 2 is 1.94 bits per heavy atom. The topological polar surface area (TPSA) is 81.4 Å². The van der Waals surface area contributed by atoms with Crippen LogP contribution in [0.15, 0.2) is 30.3 Å². The van der Waals surface area contributed by atoms with Crippen molar-refractivity contribution in [2.45, 2.75) is 12.8 Å². The molecule has 0 saturated carbocycles. The summed E-state index contributed by atoms with van der Waals surface area (Å²) in [6, 6.07) is 10.7. The highest BCUT2D eigenvalue weighted by molar-refractivity contribution is 6.02. The van der Waals surface area contributed by atoms with Gasteiger partial charge in [0.05, 0.1) is 12.5 Å². The molecule has 1 rings (SSSR count). The summed E-state index contributed by atoms with van der Waals surface area (Å²) in [7, 11) is 0. The fourth-order valence-corrected chi connectivity index (χ4v) is 1.39. The van der Waals surface area contributed by atoms with Gasteiger partial charge in [0.25, 0.3) is 0 Å². The van der Waals surface area contributed by atoms with E-state index in [-0.39, 0.29) is 13.0 Å². The molecule has 1 aromatic carbocycles. The minimum atomic E-state index is -1.17. The molecule has 5 heteroatoms. The van der Waals surface area contributed by atoms with Gasteiger partial charge in [-0.3, -0.25) is 9.59 Å². The molecule has 0 unspecified atom stereocenters. The SMILES string of the molecule is N#CCCN(C(=O)CC(=O)O)c1ccccc1. The Balaban J connectivity index is 2.84. The normalized spacial score (nSPS) is 9.35. The number of hydrogen-bond acceptors (Lipinski definition) is 3. The molecular formula is C12H12N2O3. The molecule has 0 aliphatic rings. The van der Waals surface area contributed by atoms with Crippen molar-refractivity contribution in [2.24, 2.45) is 0 Å². The fraction of sp³-hybridized carbons (Fsp3) is 0.250. The number of carboxylic acid groups (broad SMARTS) is 1. The smallest absolute Gasteiger partial charge is 0.312 e. The standard InChI is InChI=1S/C12H12N2O3/c13-7-4-8-14(11(15)9-12(16)17)10-5-2-1-3-6-10/h1-3,5-6H,4,8-9H2,(H,16,17). The van der Waals surface area contributed by atoms with Crippen molar-refractivity contribution in [3.8, 4) is 6.07 Å². The number of nitrogens with zero attached hydrogens (tertiary/aromatic N) is 2. The maximum absolute atomic E-state index is 11.7. The van der Waals surface area contributed by atoms with E-state index in [1.807, 2.05) is 6.07 Å². The lowest BCUT2D eigenvalue weighted by atomic mass is 10.2. The van der Waals surface area contributed by atoms with Crippen LogP contribution in [0.2, 0.25) is 0 Å². The number of nitriles is 1. The number of amides is 1. The molecule has 0 aliphatic carbocycles. The van der Waals surface area contributed by atoms with E-state index in [9.17, 15) is 9.59 Å². The second-order valence-electron chi connectivity index (χ2n) is 3.36. The highest BCUT2D eigenvalue weighted by atomic mass is 16.4. The first-order chi connectivity index (χ1) is 8.15. The van der Waals surface area contributed by atoms with Crippen LogP contribution in [-0.4, -0.2) is 23.5 Å². The number of benzene rings is 1. The van der Waals surface area contributed by atoms with Gasteiger partial charge in [0.15, 0.2) is 0 Å². The second-order valence-corrected chi connectivity index (χ2v) is 3.36.